The van der Waals surface area contributed by atoms with Gasteiger partial charge in [0.2, 0.25) is 0 Å². The molecule has 0 aromatic rings. The molecule has 6 heteroatoms. The molecule has 1 atom stereocenters. The summed E-state index contributed by atoms with van der Waals surface area (Å²) in [5.41, 5.74) is 0.480. The second-order valence-electron chi connectivity index (χ2n) is 8.35. The molecule has 0 N–H and O–H groups in total. The maximum Gasteiger partial charge on any atom is 0.273 e. The molecule has 0 aliphatic carbocycles. The molecule has 0 radical (unpaired) electrons. The molecule has 3 aliphatic rings. The Bertz CT molecular complexity index is 416. The first kappa shape index (κ1) is 18.9. The normalized spacial score (nSPS) is 31.5. The average molecular weight is 362 g/mol. The number of halogens is 2. The number of hydrogen-bond acceptors (Lipinski definition) is 4. The van der Waals surface area contributed by atoms with E-state index in [1.807, 2.05) is 4.90 Å². The van der Waals surface area contributed by atoms with Gasteiger partial charge in [0.25, 0.3) is 5.92 Å². The summed E-state index contributed by atoms with van der Waals surface area (Å²) in [6.07, 6.45) is 3.91. The highest BCUT2D eigenvalue weighted by Crippen LogP contribution is 2.45. The van der Waals surface area contributed by atoms with Crippen LogP contribution in [0.4, 0.5) is 8.78 Å². The zero-order valence-corrected chi connectivity index (χ0v) is 16.3. The fourth-order valence-electron chi connectivity index (χ4n) is 4.37. The molecule has 24 heavy (non-hydrogen) atoms. The number of alkyl halides is 2. The van der Waals surface area contributed by atoms with Crippen molar-refractivity contribution in [3.63, 3.8) is 0 Å². The van der Waals surface area contributed by atoms with Crippen molar-refractivity contribution in [1.82, 2.24) is 14.1 Å². The molecule has 3 fully saturated rings. The van der Waals surface area contributed by atoms with E-state index >= 15 is 0 Å². The van der Waals surface area contributed by atoms with Crippen LogP contribution in [0, 0.1) is 5.41 Å². The summed E-state index contributed by atoms with van der Waals surface area (Å²) in [7, 11) is 0. The third-order valence-electron chi connectivity index (χ3n) is 6.02. The Balaban J connectivity index is 1.45. The molecule has 3 saturated heterocycles. The van der Waals surface area contributed by atoms with Crippen LogP contribution in [-0.2, 0) is 0 Å². The van der Waals surface area contributed by atoms with Crippen LogP contribution in [0.2, 0.25) is 0 Å². The van der Waals surface area contributed by atoms with Crippen LogP contribution >= 0.6 is 11.9 Å². The van der Waals surface area contributed by atoms with Gasteiger partial charge in [-0.3, -0.25) is 14.1 Å². The van der Waals surface area contributed by atoms with Crippen molar-refractivity contribution in [1.29, 1.82) is 0 Å². The Hall–Kier alpha value is 0.0900. The van der Waals surface area contributed by atoms with Gasteiger partial charge in [-0.25, -0.2) is 8.78 Å². The van der Waals surface area contributed by atoms with Crippen molar-refractivity contribution in [3.8, 4) is 0 Å². The summed E-state index contributed by atoms with van der Waals surface area (Å²) in [6, 6.07) is 0.634. The first-order valence-corrected chi connectivity index (χ1v) is 10.4. The zero-order chi connectivity index (χ0) is 17.4. The molecule has 1 spiro atoms. The summed E-state index contributed by atoms with van der Waals surface area (Å²) in [5, 5.41) is -0.534. The number of rotatable bonds is 5. The average Bonchev–Trinajstić information content (AvgIpc) is 2.48. The highest BCUT2D eigenvalue weighted by atomic mass is 32.2. The van der Waals surface area contributed by atoms with E-state index in [4.69, 9.17) is 0 Å². The van der Waals surface area contributed by atoms with E-state index in [1.54, 1.807) is 0 Å². The molecule has 0 aromatic carbocycles. The summed E-state index contributed by atoms with van der Waals surface area (Å²) >= 11 is 1.45. The molecule has 0 saturated carbocycles. The number of nitrogens with zero attached hydrogens (tertiary/aromatic N) is 3. The fraction of sp³-hybridized carbons (Fsp3) is 1.00. The van der Waals surface area contributed by atoms with E-state index in [2.05, 4.69) is 30.0 Å². The molecule has 0 aromatic heterocycles. The quantitative estimate of drug-likeness (QED) is 0.693. The van der Waals surface area contributed by atoms with E-state index in [-0.39, 0.29) is 6.54 Å². The monoisotopic (exact) mass is 361 g/mol. The molecule has 3 heterocycles. The molecule has 140 valence electrons. The van der Waals surface area contributed by atoms with Gasteiger partial charge in [-0.1, -0.05) is 18.9 Å². The van der Waals surface area contributed by atoms with Crippen LogP contribution in [0.3, 0.4) is 0 Å². The number of hydrogen-bond donors (Lipinski definition) is 0. The Morgan fingerprint density at radius 2 is 1.75 bits per heavy atom. The first-order valence-electron chi connectivity index (χ1n) is 9.59. The Morgan fingerprint density at radius 3 is 2.29 bits per heavy atom. The Labute approximate surface area is 150 Å². The van der Waals surface area contributed by atoms with Gasteiger partial charge >= 0.3 is 0 Å². The topological polar surface area (TPSA) is 9.72 Å². The van der Waals surface area contributed by atoms with E-state index in [0.29, 0.717) is 17.9 Å². The van der Waals surface area contributed by atoms with Crippen LogP contribution in [0.25, 0.3) is 0 Å². The standard InChI is InChI=1S/C18H33F2N3S/c1-4-8-21-9-5-16(18(19,20)14-21)24-23-10-6-17(7-11-23)12-22(13-17)15(2)3/h15-16H,4-14H2,1-3H3. The van der Waals surface area contributed by atoms with Gasteiger partial charge in [-0.05, 0) is 58.0 Å². The van der Waals surface area contributed by atoms with Crippen molar-refractivity contribution < 1.29 is 8.78 Å². The maximum atomic E-state index is 14.5. The molecule has 3 nitrogen and oxygen atoms in total. The SMILES string of the molecule is CCCN1CCC(SN2CCC3(CC2)CN(C(C)C)C3)C(F)(F)C1. The van der Waals surface area contributed by atoms with Crippen molar-refractivity contribution in [2.24, 2.45) is 5.41 Å². The molecule has 1 unspecified atom stereocenters. The summed E-state index contributed by atoms with van der Waals surface area (Å²) in [4.78, 5) is 4.46. The van der Waals surface area contributed by atoms with Crippen molar-refractivity contribution in [2.45, 2.75) is 63.7 Å². The summed E-state index contributed by atoms with van der Waals surface area (Å²) in [5.74, 6) is -2.56. The van der Waals surface area contributed by atoms with Crippen LogP contribution in [-0.4, -0.2) is 77.1 Å². The summed E-state index contributed by atoms with van der Waals surface area (Å²) < 4.78 is 31.2. The lowest BCUT2D eigenvalue weighted by Crippen LogP contribution is -2.61. The molecule has 3 aliphatic heterocycles. The fourth-order valence-corrected chi connectivity index (χ4v) is 5.56. The minimum atomic E-state index is -2.56. The van der Waals surface area contributed by atoms with Crippen molar-refractivity contribution in [3.05, 3.63) is 0 Å². The van der Waals surface area contributed by atoms with Crippen molar-refractivity contribution >= 4 is 11.9 Å². The molecule has 0 bridgehead atoms. The van der Waals surface area contributed by atoms with Gasteiger partial charge in [0.1, 0.15) is 0 Å². The largest absolute Gasteiger partial charge is 0.300 e. The second-order valence-corrected chi connectivity index (χ2v) is 9.64. The molecular formula is C18H33F2N3S. The van der Waals surface area contributed by atoms with E-state index in [0.717, 1.165) is 32.6 Å². The first-order chi connectivity index (χ1) is 11.3. The van der Waals surface area contributed by atoms with Crippen LogP contribution in [0.5, 0.6) is 0 Å². The lowest BCUT2D eigenvalue weighted by Gasteiger charge is -2.55. The predicted octanol–water partition coefficient (Wildman–Crippen LogP) is 3.56. The van der Waals surface area contributed by atoms with Gasteiger partial charge in [-0.2, -0.15) is 0 Å². The van der Waals surface area contributed by atoms with Gasteiger partial charge in [-0.15, -0.1) is 0 Å². The number of piperidine rings is 2. The third kappa shape index (κ3) is 4.08. The molecule has 3 rings (SSSR count). The zero-order valence-electron chi connectivity index (χ0n) is 15.4. The Morgan fingerprint density at radius 1 is 1.08 bits per heavy atom. The number of likely N-dealkylation sites (tertiary alicyclic amines) is 2. The summed E-state index contributed by atoms with van der Waals surface area (Å²) in [6.45, 7) is 12.5. The predicted molar refractivity (Wildman–Crippen MR) is 97.6 cm³/mol. The maximum absolute atomic E-state index is 14.5. The van der Waals surface area contributed by atoms with Gasteiger partial charge in [0, 0.05) is 32.2 Å². The third-order valence-corrected chi connectivity index (χ3v) is 7.52. The minimum absolute atomic E-state index is 0.0559. The second kappa shape index (κ2) is 7.37. The van der Waals surface area contributed by atoms with Crippen LogP contribution in [0.1, 0.15) is 46.5 Å². The van der Waals surface area contributed by atoms with Gasteiger partial charge in [0.05, 0.1) is 11.8 Å². The van der Waals surface area contributed by atoms with Crippen LogP contribution < -0.4 is 0 Å². The van der Waals surface area contributed by atoms with E-state index in [1.165, 1.54) is 37.9 Å². The minimum Gasteiger partial charge on any atom is -0.300 e. The molecule has 0 amide bonds. The lowest BCUT2D eigenvalue weighted by atomic mass is 9.72. The van der Waals surface area contributed by atoms with E-state index < -0.39 is 11.2 Å². The molecular weight excluding hydrogens is 328 g/mol. The smallest absolute Gasteiger partial charge is 0.273 e. The van der Waals surface area contributed by atoms with Crippen LogP contribution in [0.15, 0.2) is 0 Å². The highest BCUT2D eigenvalue weighted by Gasteiger charge is 2.48. The van der Waals surface area contributed by atoms with Gasteiger partial charge in [0.15, 0.2) is 0 Å². The lowest BCUT2D eigenvalue weighted by molar-refractivity contribution is -0.0611. The Kier molecular flexibility index (Phi) is 5.80. The highest BCUT2D eigenvalue weighted by molar-refractivity contribution is 7.97. The van der Waals surface area contributed by atoms with E-state index in [9.17, 15) is 8.78 Å². The van der Waals surface area contributed by atoms with Gasteiger partial charge < -0.3 is 0 Å². The van der Waals surface area contributed by atoms with Crippen molar-refractivity contribution in [2.75, 3.05) is 45.8 Å².